The lowest BCUT2D eigenvalue weighted by atomic mass is 9.84. The van der Waals surface area contributed by atoms with Gasteiger partial charge in [-0.2, -0.15) is 0 Å². The van der Waals surface area contributed by atoms with Crippen molar-refractivity contribution in [2.45, 2.75) is 64.3 Å². The first-order valence-corrected chi connectivity index (χ1v) is 9.38. The molecule has 0 spiro atoms. The minimum Gasteiger partial charge on any atom is -0.469 e. The number of aryl methyl sites for hydroxylation is 1. The number of nitrogens with zero attached hydrogens (tertiary/aromatic N) is 3. The Kier molecular flexibility index (Phi) is 4.32. The number of Topliss-reactive ketones (excluding diaryl/α,β-unsaturated/α-hetero) is 1. The zero-order chi connectivity index (χ0) is 17.4. The molecule has 0 N–H and O–H groups in total. The van der Waals surface area contributed by atoms with Crippen LogP contribution in [0.1, 0.15) is 72.5 Å². The molecule has 0 bridgehead atoms. The first-order chi connectivity index (χ1) is 12.2. The monoisotopic (exact) mass is 339 g/mol. The zero-order valence-electron chi connectivity index (χ0n) is 15.0. The van der Waals surface area contributed by atoms with E-state index in [4.69, 9.17) is 14.4 Å². The van der Waals surface area contributed by atoms with E-state index in [9.17, 15) is 4.79 Å². The lowest BCUT2D eigenvalue weighted by molar-refractivity contribution is 0.0958. The van der Waals surface area contributed by atoms with Gasteiger partial charge >= 0.3 is 0 Å². The van der Waals surface area contributed by atoms with Gasteiger partial charge < -0.3 is 9.32 Å². The fourth-order valence-electron chi connectivity index (χ4n) is 4.30. The summed E-state index contributed by atoms with van der Waals surface area (Å²) in [5.41, 5.74) is 2.44. The molecule has 132 valence electrons. The molecule has 1 saturated heterocycles. The third-order valence-electron chi connectivity index (χ3n) is 5.60. The molecule has 3 heterocycles. The molecule has 5 nitrogen and oxygen atoms in total. The smallest absolute Gasteiger partial charge is 0.226 e. The maximum Gasteiger partial charge on any atom is 0.226 e. The van der Waals surface area contributed by atoms with E-state index in [0.29, 0.717) is 12.5 Å². The van der Waals surface area contributed by atoms with Crippen LogP contribution in [-0.2, 0) is 6.42 Å². The molecule has 4 rings (SSSR count). The standard InChI is InChI=1S/C20H25N3O2/c1-3-15-7-4-5-9-23(15)20-21-13(2)19-16(22-20)11-14(12-17(19)24)18-8-6-10-25-18/h6,8,10,14-15H,3-5,7,9,11-12H2,1-2H3/t14-,15+/m0/s1. The fourth-order valence-corrected chi connectivity index (χ4v) is 4.30. The number of ketones is 1. The Morgan fingerprint density at radius 3 is 2.92 bits per heavy atom. The van der Waals surface area contributed by atoms with Crippen LogP contribution >= 0.6 is 0 Å². The summed E-state index contributed by atoms with van der Waals surface area (Å²) in [4.78, 5) is 24.6. The average Bonchev–Trinajstić information content (AvgIpc) is 3.15. The number of hydrogen-bond acceptors (Lipinski definition) is 5. The number of furan rings is 1. The molecule has 0 aromatic carbocycles. The van der Waals surface area contributed by atoms with Crippen molar-refractivity contribution in [1.82, 2.24) is 9.97 Å². The van der Waals surface area contributed by atoms with Gasteiger partial charge in [0.05, 0.1) is 23.2 Å². The lowest BCUT2D eigenvalue weighted by Gasteiger charge is -2.36. The number of carbonyl (C=O) groups excluding carboxylic acids is 1. The number of carbonyl (C=O) groups is 1. The first kappa shape index (κ1) is 16.3. The van der Waals surface area contributed by atoms with Crippen molar-refractivity contribution in [3.63, 3.8) is 0 Å². The van der Waals surface area contributed by atoms with Crippen LogP contribution in [0.3, 0.4) is 0 Å². The summed E-state index contributed by atoms with van der Waals surface area (Å²) < 4.78 is 5.54. The number of piperidine rings is 1. The van der Waals surface area contributed by atoms with Gasteiger partial charge in [0, 0.05) is 31.3 Å². The van der Waals surface area contributed by atoms with Crippen LogP contribution in [0.4, 0.5) is 5.95 Å². The van der Waals surface area contributed by atoms with Gasteiger partial charge in [-0.25, -0.2) is 9.97 Å². The van der Waals surface area contributed by atoms with Crippen molar-refractivity contribution < 1.29 is 9.21 Å². The van der Waals surface area contributed by atoms with Crippen molar-refractivity contribution >= 4 is 11.7 Å². The molecule has 0 saturated carbocycles. The van der Waals surface area contributed by atoms with E-state index in [1.165, 1.54) is 19.3 Å². The average molecular weight is 339 g/mol. The minimum absolute atomic E-state index is 0.0838. The van der Waals surface area contributed by atoms with Gasteiger partial charge in [0.25, 0.3) is 0 Å². The fraction of sp³-hybridized carbons (Fsp3) is 0.550. The Bertz CT molecular complexity index is 769. The second kappa shape index (κ2) is 6.62. The maximum absolute atomic E-state index is 12.7. The summed E-state index contributed by atoms with van der Waals surface area (Å²) in [6.45, 7) is 5.18. The van der Waals surface area contributed by atoms with E-state index in [0.717, 1.165) is 48.0 Å². The highest BCUT2D eigenvalue weighted by Gasteiger charge is 2.32. The van der Waals surface area contributed by atoms with Gasteiger partial charge in [-0.3, -0.25) is 4.79 Å². The summed E-state index contributed by atoms with van der Waals surface area (Å²) >= 11 is 0. The van der Waals surface area contributed by atoms with Crippen molar-refractivity contribution in [3.05, 3.63) is 41.1 Å². The van der Waals surface area contributed by atoms with Crippen molar-refractivity contribution in [2.75, 3.05) is 11.4 Å². The Labute approximate surface area is 148 Å². The van der Waals surface area contributed by atoms with Crippen LogP contribution in [0.15, 0.2) is 22.8 Å². The third kappa shape index (κ3) is 2.96. The Hall–Kier alpha value is -2.17. The van der Waals surface area contributed by atoms with E-state index in [1.54, 1.807) is 6.26 Å². The largest absolute Gasteiger partial charge is 0.469 e. The molecule has 0 amide bonds. The normalized spacial score (nSPS) is 23.6. The lowest BCUT2D eigenvalue weighted by Crippen LogP contribution is -2.40. The van der Waals surface area contributed by atoms with Gasteiger partial charge in [0.2, 0.25) is 5.95 Å². The third-order valence-corrected chi connectivity index (χ3v) is 5.60. The van der Waals surface area contributed by atoms with E-state index < -0.39 is 0 Å². The van der Waals surface area contributed by atoms with Gasteiger partial charge in [-0.05, 0) is 44.7 Å². The molecule has 5 heteroatoms. The van der Waals surface area contributed by atoms with Gasteiger partial charge in [0.15, 0.2) is 5.78 Å². The topological polar surface area (TPSA) is 59.2 Å². The van der Waals surface area contributed by atoms with Crippen LogP contribution < -0.4 is 4.90 Å². The molecule has 0 unspecified atom stereocenters. The summed E-state index contributed by atoms with van der Waals surface area (Å²) in [6, 6.07) is 4.34. The number of rotatable bonds is 3. The second-order valence-electron chi connectivity index (χ2n) is 7.23. The maximum atomic E-state index is 12.7. The quantitative estimate of drug-likeness (QED) is 0.844. The van der Waals surface area contributed by atoms with E-state index in [2.05, 4.69) is 11.8 Å². The van der Waals surface area contributed by atoms with Gasteiger partial charge in [-0.1, -0.05) is 6.92 Å². The van der Waals surface area contributed by atoms with Gasteiger partial charge in [-0.15, -0.1) is 0 Å². The van der Waals surface area contributed by atoms with E-state index in [-0.39, 0.29) is 11.7 Å². The van der Waals surface area contributed by atoms with Crippen molar-refractivity contribution in [3.8, 4) is 0 Å². The van der Waals surface area contributed by atoms with Crippen molar-refractivity contribution in [2.24, 2.45) is 0 Å². The number of anilines is 1. The SMILES string of the molecule is CC[C@@H]1CCCCN1c1nc(C)c2c(n1)C[C@H](c1ccco1)CC2=O. The first-order valence-electron chi connectivity index (χ1n) is 9.38. The highest BCUT2D eigenvalue weighted by atomic mass is 16.3. The van der Waals surface area contributed by atoms with Crippen LogP contribution in [0, 0.1) is 6.92 Å². The van der Waals surface area contributed by atoms with Crippen LogP contribution in [0.25, 0.3) is 0 Å². The van der Waals surface area contributed by atoms with Crippen LogP contribution in [0.2, 0.25) is 0 Å². The molecule has 1 aliphatic heterocycles. The number of aromatic nitrogens is 2. The summed E-state index contributed by atoms with van der Waals surface area (Å²) in [6.07, 6.45) is 7.66. The highest BCUT2D eigenvalue weighted by molar-refractivity contribution is 5.99. The molecule has 0 radical (unpaired) electrons. The molecule has 2 aromatic heterocycles. The van der Waals surface area contributed by atoms with E-state index >= 15 is 0 Å². The molecule has 1 aliphatic carbocycles. The Morgan fingerprint density at radius 1 is 1.28 bits per heavy atom. The predicted molar refractivity (Wildman–Crippen MR) is 96.1 cm³/mol. The second-order valence-corrected chi connectivity index (χ2v) is 7.23. The summed E-state index contributed by atoms with van der Waals surface area (Å²) in [5.74, 6) is 1.90. The van der Waals surface area contributed by atoms with Crippen LogP contribution in [-0.4, -0.2) is 28.3 Å². The van der Waals surface area contributed by atoms with Crippen molar-refractivity contribution in [1.29, 1.82) is 0 Å². The Balaban J connectivity index is 1.70. The number of hydrogen-bond donors (Lipinski definition) is 0. The summed E-state index contributed by atoms with van der Waals surface area (Å²) in [5, 5.41) is 0. The molecule has 2 aromatic rings. The Morgan fingerprint density at radius 2 is 2.16 bits per heavy atom. The van der Waals surface area contributed by atoms with Crippen LogP contribution in [0.5, 0.6) is 0 Å². The zero-order valence-corrected chi connectivity index (χ0v) is 15.0. The molecular formula is C20H25N3O2. The van der Waals surface area contributed by atoms with E-state index in [1.807, 2.05) is 19.1 Å². The molecule has 1 fully saturated rings. The predicted octanol–water partition coefficient (Wildman–Crippen LogP) is 4.06. The minimum atomic E-state index is 0.0838. The molecular weight excluding hydrogens is 314 g/mol. The molecule has 2 atom stereocenters. The molecule has 25 heavy (non-hydrogen) atoms. The highest BCUT2D eigenvalue weighted by Crippen LogP contribution is 2.34. The summed E-state index contributed by atoms with van der Waals surface area (Å²) in [7, 11) is 0. The number of fused-ring (bicyclic) bond motifs is 1. The van der Waals surface area contributed by atoms with Gasteiger partial charge in [0.1, 0.15) is 5.76 Å². The molecule has 2 aliphatic rings.